The lowest BCUT2D eigenvalue weighted by Gasteiger charge is -2.10. The molecule has 0 radical (unpaired) electrons. The van der Waals surface area contributed by atoms with Crippen LogP contribution >= 0.6 is 0 Å². The Kier molecular flexibility index (Phi) is 5.21. The second kappa shape index (κ2) is 7.74. The molecule has 3 rings (SSSR count). The van der Waals surface area contributed by atoms with Crippen molar-refractivity contribution in [3.05, 3.63) is 74.3 Å². The van der Waals surface area contributed by atoms with Crippen LogP contribution in [-0.2, 0) is 4.74 Å². The summed E-state index contributed by atoms with van der Waals surface area (Å²) in [5, 5.41) is 13.8. The Bertz CT molecular complexity index is 1070. The molecule has 10 nitrogen and oxygen atoms in total. The zero-order valence-electron chi connectivity index (χ0n) is 15.0. The van der Waals surface area contributed by atoms with Gasteiger partial charge < -0.3 is 14.6 Å². The van der Waals surface area contributed by atoms with Crippen LogP contribution in [0.25, 0.3) is 5.82 Å². The van der Waals surface area contributed by atoms with E-state index >= 15 is 0 Å². The fourth-order valence-electron chi connectivity index (χ4n) is 2.41. The summed E-state index contributed by atoms with van der Waals surface area (Å²) >= 11 is 0. The van der Waals surface area contributed by atoms with Gasteiger partial charge in [0.15, 0.2) is 17.2 Å². The number of carbonyl (C=O) groups is 1. The zero-order valence-corrected chi connectivity index (χ0v) is 15.0. The molecule has 0 atom stereocenters. The van der Waals surface area contributed by atoms with E-state index in [4.69, 9.17) is 9.26 Å². The highest BCUT2D eigenvalue weighted by Crippen LogP contribution is 2.24. The number of pyridine rings is 1. The average Bonchev–Trinajstić information content (AvgIpc) is 3.00. The summed E-state index contributed by atoms with van der Waals surface area (Å²) in [5.41, 5.74) is 0.137. The van der Waals surface area contributed by atoms with Gasteiger partial charge in [0.25, 0.3) is 5.69 Å². The van der Waals surface area contributed by atoms with Crippen LogP contribution in [0.15, 0.2) is 51.9 Å². The van der Waals surface area contributed by atoms with Crippen LogP contribution in [0.1, 0.15) is 22.8 Å². The Hall–Kier alpha value is -3.95. The molecule has 144 valence electrons. The number of aryl methyl sites for hydroxylation is 1. The smallest absolute Gasteiger partial charge is 0.374 e. The summed E-state index contributed by atoms with van der Waals surface area (Å²) in [6, 6.07) is 9.72. The van der Waals surface area contributed by atoms with Gasteiger partial charge in [0.2, 0.25) is 0 Å². The van der Waals surface area contributed by atoms with Crippen molar-refractivity contribution >= 4 is 23.2 Å². The third-order valence-corrected chi connectivity index (χ3v) is 3.76. The molecule has 0 fully saturated rings. The van der Waals surface area contributed by atoms with Crippen molar-refractivity contribution < 1.29 is 19.0 Å². The number of aromatic nitrogens is 2. The number of nitro groups is 1. The molecule has 0 spiro atoms. The molecule has 1 N–H and O–H groups in total. The van der Waals surface area contributed by atoms with Crippen molar-refractivity contribution in [1.82, 2.24) is 9.72 Å². The number of hydrogen-bond acceptors (Lipinski definition) is 8. The third-order valence-electron chi connectivity index (χ3n) is 3.76. The van der Waals surface area contributed by atoms with Gasteiger partial charge in [0.05, 0.1) is 11.5 Å². The van der Waals surface area contributed by atoms with E-state index in [1.165, 1.54) is 12.1 Å². The molecule has 2 heterocycles. The monoisotopic (exact) mass is 384 g/mol. The maximum absolute atomic E-state index is 12.3. The minimum absolute atomic E-state index is 0.00801. The SMILES string of the molecule is CCOC(=O)c1c(Nc2ccc(C)cc2)n(-c2ccc([N+](=O)[O-])cn2)oc1=O. The van der Waals surface area contributed by atoms with Crippen LogP contribution in [0.2, 0.25) is 0 Å². The molecule has 0 aliphatic carbocycles. The van der Waals surface area contributed by atoms with Crippen molar-refractivity contribution in [2.24, 2.45) is 0 Å². The Morgan fingerprint density at radius 2 is 2.00 bits per heavy atom. The highest BCUT2D eigenvalue weighted by Gasteiger charge is 2.27. The Balaban J connectivity index is 2.12. The third kappa shape index (κ3) is 3.75. The minimum Gasteiger partial charge on any atom is -0.462 e. The van der Waals surface area contributed by atoms with Crippen molar-refractivity contribution in [2.75, 3.05) is 11.9 Å². The maximum Gasteiger partial charge on any atom is 0.374 e. The van der Waals surface area contributed by atoms with Crippen LogP contribution < -0.4 is 10.9 Å². The second-order valence-electron chi connectivity index (χ2n) is 5.74. The van der Waals surface area contributed by atoms with Crippen LogP contribution in [0.4, 0.5) is 17.2 Å². The van der Waals surface area contributed by atoms with E-state index in [-0.39, 0.29) is 29.5 Å². The quantitative estimate of drug-likeness (QED) is 0.390. The van der Waals surface area contributed by atoms with E-state index in [0.29, 0.717) is 5.69 Å². The summed E-state index contributed by atoms with van der Waals surface area (Å²) in [6.45, 7) is 3.60. The van der Waals surface area contributed by atoms with Crippen LogP contribution in [0, 0.1) is 17.0 Å². The molecule has 0 saturated carbocycles. The molecule has 0 aliphatic rings. The fourth-order valence-corrected chi connectivity index (χ4v) is 2.41. The summed E-state index contributed by atoms with van der Waals surface area (Å²) in [7, 11) is 0. The van der Waals surface area contributed by atoms with Crippen LogP contribution in [-0.4, -0.2) is 27.2 Å². The van der Waals surface area contributed by atoms with E-state index < -0.39 is 16.5 Å². The van der Waals surface area contributed by atoms with Gasteiger partial charge in [-0.15, -0.1) is 4.74 Å². The average molecular weight is 384 g/mol. The van der Waals surface area contributed by atoms with Gasteiger partial charge in [-0.3, -0.25) is 10.1 Å². The predicted molar refractivity (Wildman–Crippen MR) is 99.2 cm³/mol. The summed E-state index contributed by atoms with van der Waals surface area (Å²) in [4.78, 5) is 38.7. The standard InChI is InChI=1S/C18H16N4O6/c1-3-27-17(23)15-16(20-12-6-4-11(2)5-7-12)21(28-18(15)24)14-9-8-13(10-19-14)22(25)26/h4-10,20H,3H2,1-2H3. The highest BCUT2D eigenvalue weighted by atomic mass is 16.6. The maximum atomic E-state index is 12.3. The van der Waals surface area contributed by atoms with Crippen LogP contribution in [0.3, 0.4) is 0 Å². The number of esters is 1. The Morgan fingerprint density at radius 1 is 1.29 bits per heavy atom. The first-order valence-corrected chi connectivity index (χ1v) is 8.28. The molecule has 10 heteroatoms. The summed E-state index contributed by atoms with van der Waals surface area (Å²) < 4.78 is 11.1. The molecule has 3 aromatic rings. The molecule has 0 amide bonds. The Labute approximate surface area is 158 Å². The number of rotatable bonds is 6. The molecule has 0 bridgehead atoms. The van der Waals surface area contributed by atoms with Crippen molar-refractivity contribution in [2.45, 2.75) is 13.8 Å². The topological polar surface area (TPSA) is 130 Å². The lowest BCUT2D eigenvalue weighted by Crippen LogP contribution is -2.15. The molecule has 2 aromatic heterocycles. The Morgan fingerprint density at radius 3 is 2.57 bits per heavy atom. The van der Waals surface area contributed by atoms with E-state index in [9.17, 15) is 19.7 Å². The van der Waals surface area contributed by atoms with Gasteiger partial charge in [-0.25, -0.2) is 14.6 Å². The number of ether oxygens (including phenoxy) is 1. The van der Waals surface area contributed by atoms with Gasteiger partial charge in [-0.2, -0.15) is 0 Å². The number of benzene rings is 1. The lowest BCUT2D eigenvalue weighted by atomic mass is 10.2. The molecule has 1 aromatic carbocycles. The van der Waals surface area contributed by atoms with E-state index in [2.05, 4.69) is 10.3 Å². The zero-order chi connectivity index (χ0) is 20.3. The second-order valence-corrected chi connectivity index (χ2v) is 5.74. The fraction of sp³-hybridized carbons (Fsp3) is 0.167. The van der Waals surface area contributed by atoms with Gasteiger partial charge in [-0.05, 0) is 32.0 Å². The minimum atomic E-state index is -0.923. The van der Waals surface area contributed by atoms with Crippen molar-refractivity contribution in [1.29, 1.82) is 0 Å². The van der Waals surface area contributed by atoms with Gasteiger partial charge in [0, 0.05) is 11.8 Å². The van der Waals surface area contributed by atoms with Gasteiger partial charge in [-0.1, -0.05) is 17.7 Å². The molecule has 0 unspecified atom stereocenters. The van der Waals surface area contributed by atoms with Crippen molar-refractivity contribution in [3.8, 4) is 5.82 Å². The first-order valence-electron chi connectivity index (χ1n) is 8.28. The number of nitrogens with zero attached hydrogens (tertiary/aromatic N) is 3. The largest absolute Gasteiger partial charge is 0.462 e. The predicted octanol–water partition coefficient (Wildman–Crippen LogP) is 2.96. The van der Waals surface area contributed by atoms with Gasteiger partial charge >= 0.3 is 11.6 Å². The molecular weight excluding hydrogens is 368 g/mol. The van der Waals surface area contributed by atoms with Gasteiger partial charge in [0.1, 0.15) is 6.20 Å². The number of hydrogen-bond donors (Lipinski definition) is 1. The van der Waals surface area contributed by atoms with E-state index in [0.717, 1.165) is 16.5 Å². The highest BCUT2D eigenvalue weighted by molar-refractivity contribution is 5.95. The molecular formula is C18H16N4O6. The molecule has 0 saturated heterocycles. The first-order chi connectivity index (χ1) is 13.4. The summed E-state index contributed by atoms with van der Waals surface area (Å²) in [6.07, 6.45) is 1.02. The van der Waals surface area contributed by atoms with E-state index in [1.807, 2.05) is 19.1 Å². The van der Waals surface area contributed by atoms with Crippen LogP contribution in [0.5, 0.6) is 0 Å². The number of anilines is 2. The lowest BCUT2D eigenvalue weighted by molar-refractivity contribution is -0.385. The van der Waals surface area contributed by atoms with E-state index in [1.54, 1.807) is 19.1 Å². The first kappa shape index (κ1) is 18.8. The molecule has 0 aliphatic heterocycles. The number of nitrogens with one attached hydrogen (secondary N) is 1. The molecule has 28 heavy (non-hydrogen) atoms. The van der Waals surface area contributed by atoms with Crippen molar-refractivity contribution in [3.63, 3.8) is 0 Å². The summed E-state index contributed by atoms with van der Waals surface area (Å²) in [5.74, 6) is -0.770. The normalized spacial score (nSPS) is 10.5. The number of carbonyl (C=O) groups excluding carboxylic acids is 1.